The number of para-hydroxylation sites is 1. The van der Waals surface area contributed by atoms with Crippen LogP contribution in [0.5, 0.6) is 23.0 Å². The highest BCUT2D eigenvalue weighted by Crippen LogP contribution is 2.51. The molecule has 4 rings (SSSR count). The molecule has 0 fully saturated rings. The molecule has 3 aromatic rings. The molecule has 0 saturated heterocycles. The average molecular weight is 348 g/mol. The fourth-order valence-corrected chi connectivity index (χ4v) is 3.54. The Bertz CT molecular complexity index is 1020. The number of hydrogen-bond acceptors (Lipinski definition) is 5. The van der Waals surface area contributed by atoms with Crippen molar-refractivity contribution in [2.45, 2.75) is 12.3 Å². The van der Waals surface area contributed by atoms with Crippen molar-refractivity contribution in [3.05, 3.63) is 82.9 Å². The molecule has 0 aromatic heterocycles. The van der Waals surface area contributed by atoms with E-state index in [-0.39, 0.29) is 17.2 Å². The second-order valence-electron chi connectivity index (χ2n) is 6.34. The maximum absolute atomic E-state index is 13.2. The van der Waals surface area contributed by atoms with Crippen molar-refractivity contribution in [3.63, 3.8) is 0 Å². The fraction of sp³-hybridized carbons (Fsp3) is 0.0952. The van der Waals surface area contributed by atoms with Gasteiger partial charge in [-0.15, -0.1) is 0 Å². The van der Waals surface area contributed by atoms with Crippen LogP contribution < -0.4 is 4.74 Å². The Morgan fingerprint density at radius 2 is 1.54 bits per heavy atom. The minimum absolute atomic E-state index is 0.0771. The Morgan fingerprint density at radius 3 is 2.23 bits per heavy atom. The lowest BCUT2D eigenvalue weighted by atomic mass is 9.70. The Hall–Kier alpha value is -3.47. The Morgan fingerprint density at radius 1 is 0.846 bits per heavy atom. The molecule has 0 amide bonds. The van der Waals surface area contributed by atoms with E-state index in [1.54, 1.807) is 18.2 Å². The Balaban J connectivity index is 2.09. The first-order valence-corrected chi connectivity index (χ1v) is 8.09. The van der Waals surface area contributed by atoms with Crippen molar-refractivity contribution in [2.24, 2.45) is 0 Å². The third-order valence-electron chi connectivity index (χ3n) is 4.83. The van der Waals surface area contributed by atoms with Crippen LogP contribution in [0.25, 0.3) is 0 Å². The van der Waals surface area contributed by atoms with Gasteiger partial charge >= 0.3 is 5.97 Å². The van der Waals surface area contributed by atoms with Crippen LogP contribution in [0.2, 0.25) is 0 Å². The summed E-state index contributed by atoms with van der Waals surface area (Å²) >= 11 is 0. The van der Waals surface area contributed by atoms with Gasteiger partial charge in [0.25, 0.3) is 0 Å². The van der Waals surface area contributed by atoms with E-state index in [1.165, 1.54) is 24.3 Å². The molecule has 3 N–H and O–H groups in total. The number of benzene rings is 3. The molecule has 5 nitrogen and oxygen atoms in total. The maximum Gasteiger partial charge on any atom is 0.331 e. The monoisotopic (exact) mass is 348 g/mol. The molecule has 0 aliphatic carbocycles. The third kappa shape index (κ3) is 2.07. The summed E-state index contributed by atoms with van der Waals surface area (Å²) in [5.41, 5.74) is 1.22. The van der Waals surface area contributed by atoms with E-state index >= 15 is 0 Å². The van der Waals surface area contributed by atoms with E-state index in [0.29, 0.717) is 22.4 Å². The molecule has 130 valence electrons. The van der Waals surface area contributed by atoms with Crippen LogP contribution in [0, 0.1) is 6.92 Å². The zero-order chi connectivity index (χ0) is 18.5. The van der Waals surface area contributed by atoms with Crippen molar-refractivity contribution in [3.8, 4) is 23.0 Å². The molecule has 0 bridgehead atoms. The molecular formula is C21H16O5. The number of carbonyl (C=O) groups excluding carboxylic acids is 1. The fourth-order valence-electron chi connectivity index (χ4n) is 3.54. The van der Waals surface area contributed by atoms with Gasteiger partial charge in [0.1, 0.15) is 16.9 Å². The van der Waals surface area contributed by atoms with Gasteiger partial charge in [-0.05, 0) is 47.9 Å². The van der Waals surface area contributed by atoms with Crippen LogP contribution in [0.4, 0.5) is 0 Å². The zero-order valence-corrected chi connectivity index (χ0v) is 13.9. The second-order valence-corrected chi connectivity index (χ2v) is 6.34. The summed E-state index contributed by atoms with van der Waals surface area (Å²) in [5, 5.41) is 29.3. The van der Waals surface area contributed by atoms with Gasteiger partial charge in [-0.3, -0.25) is 0 Å². The molecule has 1 heterocycles. The number of rotatable bonds is 2. The first-order chi connectivity index (χ1) is 12.4. The van der Waals surface area contributed by atoms with E-state index in [4.69, 9.17) is 4.74 Å². The minimum atomic E-state index is -1.31. The van der Waals surface area contributed by atoms with Gasteiger partial charge < -0.3 is 20.1 Å². The topological polar surface area (TPSA) is 87.0 Å². The number of esters is 1. The van der Waals surface area contributed by atoms with Crippen LogP contribution in [0.15, 0.2) is 60.7 Å². The van der Waals surface area contributed by atoms with Crippen molar-refractivity contribution in [1.29, 1.82) is 0 Å². The van der Waals surface area contributed by atoms with Gasteiger partial charge in [0.2, 0.25) is 0 Å². The summed E-state index contributed by atoms with van der Waals surface area (Å²) in [6.45, 7) is 1.85. The van der Waals surface area contributed by atoms with E-state index < -0.39 is 11.4 Å². The molecule has 1 aliphatic rings. The van der Waals surface area contributed by atoms with Crippen molar-refractivity contribution < 1.29 is 24.9 Å². The van der Waals surface area contributed by atoms with Crippen LogP contribution in [-0.2, 0) is 10.2 Å². The highest BCUT2D eigenvalue weighted by atomic mass is 16.5. The molecule has 1 unspecified atom stereocenters. The average Bonchev–Trinajstić information content (AvgIpc) is 2.92. The van der Waals surface area contributed by atoms with Gasteiger partial charge in [0.05, 0.1) is 0 Å². The number of phenolic OH excluding ortho intramolecular Hbond substituents is 3. The highest BCUT2D eigenvalue weighted by Gasteiger charge is 2.52. The summed E-state index contributed by atoms with van der Waals surface area (Å²) in [6, 6.07) is 16.1. The van der Waals surface area contributed by atoms with Crippen molar-refractivity contribution in [2.75, 3.05) is 0 Å². The molecule has 0 spiro atoms. The summed E-state index contributed by atoms with van der Waals surface area (Å²) in [5.74, 6) is -0.538. The van der Waals surface area contributed by atoms with E-state index in [2.05, 4.69) is 0 Å². The second kappa shape index (κ2) is 5.52. The van der Waals surface area contributed by atoms with E-state index in [0.717, 1.165) is 5.56 Å². The summed E-state index contributed by atoms with van der Waals surface area (Å²) in [7, 11) is 0. The van der Waals surface area contributed by atoms with Gasteiger partial charge in [-0.1, -0.05) is 36.4 Å². The number of fused-ring (bicyclic) bond motifs is 1. The molecular weight excluding hydrogens is 332 g/mol. The quantitative estimate of drug-likeness (QED) is 0.375. The first-order valence-electron chi connectivity index (χ1n) is 8.09. The highest BCUT2D eigenvalue weighted by molar-refractivity contribution is 5.98. The lowest BCUT2D eigenvalue weighted by Crippen LogP contribution is -2.36. The molecule has 26 heavy (non-hydrogen) atoms. The lowest BCUT2D eigenvalue weighted by Gasteiger charge is -2.27. The third-order valence-corrected chi connectivity index (χ3v) is 4.83. The molecule has 1 atom stereocenters. The normalized spacial score (nSPS) is 18.4. The van der Waals surface area contributed by atoms with Gasteiger partial charge in [0.15, 0.2) is 11.5 Å². The largest absolute Gasteiger partial charge is 0.508 e. The number of hydrogen-bond donors (Lipinski definition) is 3. The summed E-state index contributed by atoms with van der Waals surface area (Å²) in [6.07, 6.45) is 0. The minimum Gasteiger partial charge on any atom is -0.508 e. The predicted molar refractivity (Wildman–Crippen MR) is 94.6 cm³/mol. The number of aromatic hydroxyl groups is 3. The maximum atomic E-state index is 13.2. The first kappa shape index (κ1) is 16.0. The number of ether oxygens (including phenoxy) is 1. The van der Waals surface area contributed by atoms with Crippen LogP contribution in [0.3, 0.4) is 0 Å². The number of carbonyl (C=O) groups is 1. The molecule has 0 radical (unpaired) electrons. The van der Waals surface area contributed by atoms with Crippen molar-refractivity contribution in [1.82, 2.24) is 0 Å². The molecule has 5 heteroatoms. The summed E-state index contributed by atoms with van der Waals surface area (Å²) in [4.78, 5) is 13.2. The predicted octanol–water partition coefficient (Wildman–Crippen LogP) is 3.37. The van der Waals surface area contributed by atoms with E-state index in [9.17, 15) is 20.1 Å². The SMILES string of the molecule is Cc1cccc2c1OC(=O)C2(c1ccc(O)cc1)c1ccc(O)c(O)c1. The standard InChI is InChI=1S/C21H16O5/c1-12-3-2-4-16-19(12)26-20(25)21(16,13-5-8-15(22)9-6-13)14-7-10-17(23)18(24)11-14/h2-11,22-24H,1H3. The number of phenols is 3. The molecule has 0 saturated carbocycles. The summed E-state index contributed by atoms with van der Waals surface area (Å²) < 4.78 is 5.62. The zero-order valence-electron chi connectivity index (χ0n) is 13.9. The van der Waals surface area contributed by atoms with Crippen LogP contribution in [0.1, 0.15) is 22.3 Å². The molecule has 3 aromatic carbocycles. The van der Waals surface area contributed by atoms with Crippen molar-refractivity contribution >= 4 is 5.97 Å². The van der Waals surface area contributed by atoms with Gasteiger partial charge in [-0.25, -0.2) is 4.79 Å². The van der Waals surface area contributed by atoms with Crippen LogP contribution in [-0.4, -0.2) is 21.3 Å². The van der Waals surface area contributed by atoms with Gasteiger partial charge in [-0.2, -0.15) is 0 Å². The van der Waals surface area contributed by atoms with Gasteiger partial charge in [0, 0.05) is 5.56 Å². The number of aryl methyl sites for hydroxylation is 1. The lowest BCUT2D eigenvalue weighted by molar-refractivity contribution is -0.135. The van der Waals surface area contributed by atoms with Crippen LogP contribution >= 0.6 is 0 Å². The Labute approximate surface area is 149 Å². The molecule has 1 aliphatic heterocycles. The van der Waals surface area contributed by atoms with E-state index in [1.807, 2.05) is 25.1 Å². The smallest absolute Gasteiger partial charge is 0.331 e. The Kier molecular flexibility index (Phi) is 3.40.